The monoisotopic (exact) mass is 368 g/mol. The molecule has 1 aliphatic carbocycles. The summed E-state index contributed by atoms with van der Waals surface area (Å²) >= 11 is 0. The molecule has 27 heavy (non-hydrogen) atoms. The van der Waals surface area contributed by atoms with Crippen LogP contribution in [0.5, 0.6) is 0 Å². The van der Waals surface area contributed by atoms with E-state index in [-0.39, 0.29) is 18.1 Å². The number of piperidine rings is 1. The number of aromatic nitrogens is 4. The average molecular weight is 368 g/mol. The molecule has 2 N–H and O–H groups in total. The van der Waals surface area contributed by atoms with E-state index in [1.807, 2.05) is 24.3 Å². The maximum Gasteiger partial charge on any atom is 0.252 e. The summed E-state index contributed by atoms with van der Waals surface area (Å²) in [5.74, 6) is 0.773. The number of likely N-dealkylation sites (tertiary alicyclic amines) is 1. The van der Waals surface area contributed by atoms with Crippen LogP contribution in [-0.2, 0) is 4.74 Å². The fraction of sp³-hybridized carbons (Fsp3) is 0.579. The summed E-state index contributed by atoms with van der Waals surface area (Å²) in [5, 5.41) is 17.4. The molecule has 1 aromatic carbocycles. The van der Waals surface area contributed by atoms with E-state index < -0.39 is 0 Å². The Morgan fingerprint density at radius 2 is 2.07 bits per heavy atom. The molecule has 0 bridgehead atoms. The zero-order valence-corrected chi connectivity index (χ0v) is 15.2. The number of hydrogen-bond donors (Lipinski definition) is 2. The molecule has 2 aromatic rings. The van der Waals surface area contributed by atoms with Crippen molar-refractivity contribution in [2.75, 3.05) is 19.7 Å². The van der Waals surface area contributed by atoms with Crippen LogP contribution in [0, 0.1) is 5.92 Å². The second-order valence-corrected chi connectivity index (χ2v) is 7.66. The Labute approximate surface area is 157 Å². The van der Waals surface area contributed by atoms with Crippen molar-refractivity contribution in [1.82, 2.24) is 30.8 Å². The number of nitrogens with zero attached hydrogens (tertiary/aromatic N) is 4. The molecular weight excluding hydrogens is 344 g/mol. The lowest BCUT2D eigenvalue weighted by Gasteiger charge is -2.53. The summed E-state index contributed by atoms with van der Waals surface area (Å²) in [4.78, 5) is 15.6. The van der Waals surface area contributed by atoms with Gasteiger partial charge in [-0.25, -0.2) is 0 Å². The smallest absolute Gasteiger partial charge is 0.252 e. The molecule has 1 aromatic heterocycles. The van der Waals surface area contributed by atoms with Gasteiger partial charge in [-0.2, -0.15) is 5.21 Å². The predicted molar refractivity (Wildman–Crippen MR) is 97.9 cm³/mol. The normalized spacial score (nSPS) is 30.5. The van der Waals surface area contributed by atoms with Crippen molar-refractivity contribution in [2.45, 2.75) is 43.9 Å². The highest BCUT2D eigenvalue weighted by atomic mass is 16.5. The van der Waals surface area contributed by atoms with Crippen LogP contribution in [0.3, 0.4) is 0 Å². The van der Waals surface area contributed by atoms with Crippen LogP contribution < -0.4 is 5.32 Å². The van der Waals surface area contributed by atoms with Crippen molar-refractivity contribution in [1.29, 1.82) is 0 Å². The first kappa shape index (κ1) is 16.8. The Morgan fingerprint density at radius 1 is 1.22 bits per heavy atom. The lowest BCUT2D eigenvalue weighted by atomic mass is 9.70. The van der Waals surface area contributed by atoms with Crippen LogP contribution >= 0.6 is 0 Å². The topological polar surface area (TPSA) is 96.0 Å². The van der Waals surface area contributed by atoms with Gasteiger partial charge in [0.25, 0.3) is 5.91 Å². The van der Waals surface area contributed by atoms with Gasteiger partial charge in [0.15, 0.2) is 0 Å². The second-order valence-electron chi connectivity index (χ2n) is 7.66. The highest BCUT2D eigenvalue weighted by molar-refractivity contribution is 6.00. The highest BCUT2D eigenvalue weighted by Crippen LogP contribution is 2.42. The van der Waals surface area contributed by atoms with Crippen LogP contribution in [0.1, 0.15) is 36.0 Å². The average Bonchev–Trinajstić information content (AvgIpc) is 3.37. The Morgan fingerprint density at radius 3 is 2.89 bits per heavy atom. The second kappa shape index (κ2) is 7.01. The minimum Gasteiger partial charge on any atom is -0.376 e. The number of ether oxygens (including phenoxy) is 1. The summed E-state index contributed by atoms with van der Waals surface area (Å²) in [5.41, 5.74) is 1.27. The molecular formula is C19H24N6O2. The first-order chi connectivity index (χ1) is 13.3. The van der Waals surface area contributed by atoms with Gasteiger partial charge < -0.3 is 10.1 Å². The molecule has 8 heteroatoms. The molecule has 3 heterocycles. The molecule has 0 spiro atoms. The summed E-state index contributed by atoms with van der Waals surface area (Å²) in [7, 11) is 0. The largest absolute Gasteiger partial charge is 0.376 e. The molecule has 1 amide bonds. The van der Waals surface area contributed by atoms with Crippen molar-refractivity contribution in [3.05, 3.63) is 29.8 Å². The SMILES string of the molecule is O=C(N[C@H]1[C@H]2CCO[C@H]2[C@@H]1N1CCCCC1)c1ccccc1-c1nn[nH]n1. The molecule has 3 fully saturated rings. The lowest BCUT2D eigenvalue weighted by molar-refractivity contribution is -0.0862. The first-order valence-electron chi connectivity index (χ1n) is 9.82. The summed E-state index contributed by atoms with van der Waals surface area (Å²) in [6.07, 6.45) is 5.05. The number of amides is 1. The Bertz CT molecular complexity index is 804. The third kappa shape index (κ3) is 2.93. The minimum absolute atomic E-state index is 0.0761. The number of rotatable bonds is 4. The third-order valence-electron chi connectivity index (χ3n) is 6.22. The number of hydrogen-bond acceptors (Lipinski definition) is 6. The molecule has 8 nitrogen and oxygen atoms in total. The van der Waals surface area contributed by atoms with Crippen LogP contribution in [0.15, 0.2) is 24.3 Å². The van der Waals surface area contributed by atoms with E-state index in [2.05, 4.69) is 30.8 Å². The Kier molecular flexibility index (Phi) is 4.37. The first-order valence-corrected chi connectivity index (χ1v) is 9.82. The van der Waals surface area contributed by atoms with E-state index in [1.54, 1.807) is 0 Å². The van der Waals surface area contributed by atoms with Crippen molar-refractivity contribution in [3.8, 4) is 11.4 Å². The number of carbonyl (C=O) groups excluding carboxylic acids is 1. The minimum atomic E-state index is -0.0761. The van der Waals surface area contributed by atoms with Gasteiger partial charge in [0, 0.05) is 18.1 Å². The number of nitrogens with one attached hydrogen (secondary N) is 2. The van der Waals surface area contributed by atoms with Gasteiger partial charge in [-0.15, -0.1) is 10.2 Å². The molecule has 2 aliphatic heterocycles. The fourth-order valence-corrected chi connectivity index (χ4v) is 4.90. The van der Waals surface area contributed by atoms with Gasteiger partial charge in [0.2, 0.25) is 5.82 Å². The zero-order chi connectivity index (χ0) is 18.2. The molecule has 3 aliphatic rings. The lowest BCUT2D eigenvalue weighted by Crippen LogP contribution is -2.71. The summed E-state index contributed by atoms with van der Waals surface area (Å²) in [6.45, 7) is 3.00. The van der Waals surface area contributed by atoms with Crippen molar-refractivity contribution >= 4 is 5.91 Å². The van der Waals surface area contributed by atoms with Gasteiger partial charge in [-0.3, -0.25) is 9.69 Å². The van der Waals surface area contributed by atoms with Crippen molar-refractivity contribution in [2.24, 2.45) is 5.92 Å². The summed E-state index contributed by atoms with van der Waals surface area (Å²) < 4.78 is 5.99. The number of tetrazole rings is 1. The number of H-pyrrole nitrogens is 1. The van der Waals surface area contributed by atoms with Gasteiger partial charge >= 0.3 is 0 Å². The van der Waals surface area contributed by atoms with E-state index >= 15 is 0 Å². The van der Waals surface area contributed by atoms with Gasteiger partial charge in [-0.05, 0) is 43.6 Å². The van der Waals surface area contributed by atoms with E-state index in [9.17, 15) is 4.79 Å². The maximum absolute atomic E-state index is 13.1. The van der Waals surface area contributed by atoms with E-state index in [0.29, 0.717) is 28.9 Å². The molecule has 4 atom stereocenters. The van der Waals surface area contributed by atoms with Crippen LogP contribution in [0.4, 0.5) is 0 Å². The Balaban J connectivity index is 1.37. The van der Waals surface area contributed by atoms with Gasteiger partial charge in [-0.1, -0.05) is 24.6 Å². The number of aromatic amines is 1. The number of benzene rings is 1. The maximum atomic E-state index is 13.1. The van der Waals surface area contributed by atoms with E-state index in [4.69, 9.17) is 4.74 Å². The van der Waals surface area contributed by atoms with E-state index in [0.717, 1.165) is 26.1 Å². The molecule has 142 valence electrons. The van der Waals surface area contributed by atoms with Crippen molar-refractivity contribution < 1.29 is 9.53 Å². The van der Waals surface area contributed by atoms with Crippen LogP contribution in [0.25, 0.3) is 11.4 Å². The molecule has 1 saturated carbocycles. The van der Waals surface area contributed by atoms with Crippen molar-refractivity contribution in [3.63, 3.8) is 0 Å². The predicted octanol–water partition coefficient (Wildman–Crippen LogP) is 1.24. The molecule has 0 radical (unpaired) electrons. The zero-order valence-electron chi connectivity index (χ0n) is 15.2. The fourth-order valence-electron chi connectivity index (χ4n) is 4.90. The van der Waals surface area contributed by atoms with Crippen LogP contribution in [0.2, 0.25) is 0 Å². The quantitative estimate of drug-likeness (QED) is 0.843. The standard InChI is InChI=1S/C19H24N6O2/c26-19(13-7-3-2-6-12(13)18-21-23-24-22-18)20-15-14-8-11-27-17(14)16(15)25-9-4-1-5-10-25/h2-3,6-7,14-17H,1,4-5,8-11H2,(H,20,26)(H,21,22,23,24)/t14-,15+,16-,17-/m1/s1. The highest BCUT2D eigenvalue weighted by Gasteiger charge is 2.56. The van der Waals surface area contributed by atoms with Crippen LogP contribution in [-0.4, -0.2) is 69.3 Å². The molecule has 2 saturated heterocycles. The van der Waals surface area contributed by atoms with E-state index in [1.165, 1.54) is 19.3 Å². The number of fused-ring (bicyclic) bond motifs is 1. The number of carbonyl (C=O) groups is 1. The molecule has 5 rings (SSSR count). The summed E-state index contributed by atoms with van der Waals surface area (Å²) in [6, 6.07) is 7.84. The Hall–Kier alpha value is -2.32. The third-order valence-corrected chi connectivity index (χ3v) is 6.22. The molecule has 0 unspecified atom stereocenters. The van der Waals surface area contributed by atoms with Gasteiger partial charge in [0.1, 0.15) is 0 Å². The van der Waals surface area contributed by atoms with Gasteiger partial charge in [0.05, 0.1) is 23.8 Å².